The van der Waals surface area contributed by atoms with Gasteiger partial charge in [0.1, 0.15) is 6.33 Å². The maximum Gasteiger partial charge on any atom is 0.152 e. The molecular formula is C6H10Cl2N4. The zero-order valence-electron chi connectivity index (χ0n) is 6.28. The zero-order chi connectivity index (χ0) is 6.81. The summed E-state index contributed by atoms with van der Waals surface area (Å²) in [6.07, 6.45) is 3.31. The Hall–Kier alpha value is -0.740. The summed E-state index contributed by atoms with van der Waals surface area (Å²) in [6.45, 7) is 1.88. The lowest BCUT2D eigenvalue weighted by molar-refractivity contribution is 0.999. The molecule has 0 radical (unpaired) electrons. The fourth-order valence-electron chi connectivity index (χ4n) is 0.978. The van der Waals surface area contributed by atoms with Crippen molar-refractivity contribution in [1.82, 2.24) is 9.97 Å². The Kier molecular flexibility index (Phi) is 4.70. The topological polar surface area (TPSA) is 49.8 Å². The van der Waals surface area contributed by atoms with Gasteiger partial charge >= 0.3 is 0 Å². The van der Waals surface area contributed by atoms with Gasteiger partial charge in [0.05, 0.1) is 11.9 Å². The molecule has 0 saturated heterocycles. The highest BCUT2D eigenvalue weighted by Gasteiger charge is 2.06. The van der Waals surface area contributed by atoms with Crippen molar-refractivity contribution in [1.29, 1.82) is 0 Å². The van der Waals surface area contributed by atoms with E-state index in [2.05, 4.69) is 20.6 Å². The molecule has 1 aliphatic rings. The Balaban J connectivity index is 0.000000605. The van der Waals surface area contributed by atoms with Crippen molar-refractivity contribution in [3.05, 3.63) is 12.5 Å². The number of hydrogen-bond donors (Lipinski definition) is 2. The van der Waals surface area contributed by atoms with Gasteiger partial charge in [0.25, 0.3) is 0 Å². The molecule has 0 bridgehead atoms. The molecule has 2 rings (SSSR count). The van der Waals surface area contributed by atoms with Crippen LogP contribution in [0.1, 0.15) is 0 Å². The summed E-state index contributed by atoms with van der Waals surface area (Å²) in [7, 11) is 0. The minimum absolute atomic E-state index is 0. The van der Waals surface area contributed by atoms with E-state index in [-0.39, 0.29) is 24.8 Å². The van der Waals surface area contributed by atoms with Crippen LogP contribution in [0.2, 0.25) is 0 Å². The molecule has 0 atom stereocenters. The highest BCUT2D eigenvalue weighted by atomic mass is 35.5. The minimum atomic E-state index is 0. The van der Waals surface area contributed by atoms with Gasteiger partial charge in [0.2, 0.25) is 0 Å². The van der Waals surface area contributed by atoms with Gasteiger partial charge in [-0.2, -0.15) is 0 Å². The van der Waals surface area contributed by atoms with Gasteiger partial charge in [-0.05, 0) is 0 Å². The smallest absolute Gasteiger partial charge is 0.152 e. The molecule has 0 fully saturated rings. The maximum absolute atomic E-state index is 4.03. The number of rotatable bonds is 0. The standard InChI is InChI=1S/C6H8N4.2ClH/c1-2-9-6-5(8-1)3-7-4-10-6;;/h3-4,8H,1-2H2,(H,7,9,10);2*1H. The first-order valence-electron chi connectivity index (χ1n) is 3.24. The number of nitrogens with zero attached hydrogens (tertiary/aromatic N) is 2. The van der Waals surface area contributed by atoms with E-state index < -0.39 is 0 Å². The molecule has 12 heavy (non-hydrogen) atoms. The predicted molar refractivity (Wildman–Crippen MR) is 53.5 cm³/mol. The lowest BCUT2D eigenvalue weighted by Crippen LogP contribution is -2.21. The van der Waals surface area contributed by atoms with Crippen LogP contribution in [-0.2, 0) is 0 Å². The second kappa shape index (κ2) is 5.00. The second-order valence-electron chi connectivity index (χ2n) is 2.14. The first kappa shape index (κ1) is 11.3. The SMILES string of the molecule is Cl.Cl.c1ncc2c(n1)NCCN2. The van der Waals surface area contributed by atoms with E-state index in [1.54, 1.807) is 12.5 Å². The molecule has 0 spiro atoms. The van der Waals surface area contributed by atoms with Gasteiger partial charge in [0.15, 0.2) is 5.82 Å². The third-order valence-electron chi connectivity index (χ3n) is 1.45. The van der Waals surface area contributed by atoms with E-state index >= 15 is 0 Å². The summed E-state index contributed by atoms with van der Waals surface area (Å²) in [6, 6.07) is 0. The molecule has 0 aliphatic carbocycles. The highest BCUT2D eigenvalue weighted by Crippen LogP contribution is 2.17. The average Bonchev–Trinajstić information content (AvgIpc) is 2.05. The summed E-state index contributed by atoms with van der Waals surface area (Å²) >= 11 is 0. The van der Waals surface area contributed by atoms with Crippen LogP contribution in [0.5, 0.6) is 0 Å². The van der Waals surface area contributed by atoms with Gasteiger partial charge in [-0.3, -0.25) is 0 Å². The first-order valence-corrected chi connectivity index (χ1v) is 3.24. The second-order valence-corrected chi connectivity index (χ2v) is 2.14. The molecule has 1 aliphatic heterocycles. The fourth-order valence-corrected chi connectivity index (χ4v) is 0.978. The number of aromatic nitrogens is 2. The third kappa shape index (κ3) is 2.12. The van der Waals surface area contributed by atoms with Crippen LogP contribution >= 0.6 is 24.8 Å². The Morgan fingerprint density at radius 2 is 1.92 bits per heavy atom. The number of nitrogens with one attached hydrogen (secondary N) is 2. The van der Waals surface area contributed by atoms with Crippen molar-refractivity contribution < 1.29 is 0 Å². The summed E-state index contributed by atoms with van der Waals surface area (Å²) in [4.78, 5) is 7.92. The lowest BCUT2D eigenvalue weighted by Gasteiger charge is -2.16. The van der Waals surface area contributed by atoms with E-state index in [0.29, 0.717) is 0 Å². The predicted octanol–water partition coefficient (Wildman–Crippen LogP) is 1.16. The summed E-state index contributed by atoms with van der Waals surface area (Å²) in [5.41, 5.74) is 0.994. The van der Waals surface area contributed by atoms with Crippen LogP contribution < -0.4 is 10.6 Å². The van der Waals surface area contributed by atoms with E-state index in [0.717, 1.165) is 24.6 Å². The first-order chi connectivity index (χ1) is 4.97. The summed E-state index contributed by atoms with van der Waals surface area (Å²) < 4.78 is 0. The molecule has 0 amide bonds. The van der Waals surface area contributed by atoms with Gasteiger partial charge in [-0.25, -0.2) is 9.97 Å². The largest absolute Gasteiger partial charge is 0.379 e. The average molecular weight is 209 g/mol. The van der Waals surface area contributed by atoms with Crippen LogP contribution in [-0.4, -0.2) is 23.1 Å². The van der Waals surface area contributed by atoms with Crippen LogP contribution in [0.4, 0.5) is 11.5 Å². The Morgan fingerprint density at radius 3 is 2.67 bits per heavy atom. The van der Waals surface area contributed by atoms with Crippen molar-refractivity contribution in [2.75, 3.05) is 23.7 Å². The molecule has 2 heterocycles. The van der Waals surface area contributed by atoms with E-state index in [4.69, 9.17) is 0 Å². The minimum Gasteiger partial charge on any atom is -0.379 e. The van der Waals surface area contributed by atoms with Crippen molar-refractivity contribution in [2.45, 2.75) is 0 Å². The fraction of sp³-hybridized carbons (Fsp3) is 0.333. The van der Waals surface area contributed by atoms with E-state index in [1.807, 2.05) is 0 Å². The number of halogens is 2. The maximum atomic E-state index is 4.03. The Bertz CT molecular complexity index is 218. The summed E-state index contributed by atoms with van der Waals surface area (Å²) in [5, 5.41) is 6.32. The van der Waals surface area contributed by atoms with E-state index in [9.17, 15) is 0 Å². The van der Waals surface area contributed by atoms with Gasteiger partial charge in [-0.15, -0.1) is 24.8 Å². The van der Waals surface area contributed by atoms with Crippen LogP contribution in [0.3, 0.4) is 0 Å². The molecule has 68 valence electrons. The number of fused-ring (bicyclic) bond motifs is 1. The van der Waals surface area contributed by atoms with Crippen molar-refractivity contribution in [2.24, 2.45) is 0 Å². The number of anilines is 2. The van der Waals surface area contributed by atoms with Gasteiger partial charge < -0.3 is 10.6 Å². The van der Waals surface area contributed by atoms with E-state index in [1.165, 1.54) is 0 Å². The molecule has 1 aromatic heterocycles. The van der Waals surface area contributed by atoms with Crippen molar-refractivity contribution >= 4 is 36.3 Å². The molecule has 1 aromatic rings. The molecule has 0 saturated carbocycles. The van der Waals surface area contributed by atoms with Crippen LogP contribution in [0.25, 0.3) is 0 Å². The molecule has 2 N–H and O–H groups in total. The molecule has 4 nitrogen and oxygen atoms in total. The molecule has 0 aromatic carbocycles. The van der Waals surface area contributed by atoms with Gasteiger partial charge in [-0.1, -0.05) is 0 Å². The molecular weight excluding hydrogens is 199 g/mol. The summed E-state index contributed by atoms with van der Waals surface area (Å²) in [5.74, 6) is 0.904. The van der Waals surface area contributed by atoms with Gasteiger partial charge in [0, 0.05) is 13.1 Å². The quantitative estimate of drug-likeness (QED) is 0.673. The molecule has 0 unspecified atom stereocenters. The van der Waals surface area contributed by atoms with Crippen molar-refractivity contribution in [3.8, 4) is 0 Å². The lowest BCUT2D eigenvalue weighted by atomic mass is 10.4. The normalized spacial score (nSPS) is 12.3. The third-order valence-corrected chi connectivity index (χ3v) is 1.45. The Morgan fingerprint density at radius 1 is 1.17 bits per heavy atom. The number of hydrogen-bond acceptors (Lipinski definition) is 4. The van der Waals surface area contributed by atoms with Crippen molar-refractivity contribution in [3.63, 3.8) is 0 Å². The molecule has 6 heteroatoms. The highest BCUT2D eigenvalue weighted by molar-refractivity contribution is 5.85. The zero-order valence-corrected chi connectivity index (χ0v) is 7.91. The van der Waals surface area contributed by atoms with Crippen LogP contribution in [0.15, 0.2) is 12.5 Å². The Labute approximate surface area is 83.0 Å². The monoisotopic (exact) mass is 208 g/mol. The van der Waals surface area contributed by atoms with Crippen LogP contribution in [0, 0.1) is 0 Å².